The summed E-state index contributed by atoms with van der Waals surface area (Å²) >= 11 is 8.32. The number of hydrogen-bond donors (Lipinski definition) is 0. The zero-order valence-corrected chi connectivity index (χ0v) is 22.9. The minimum absolute atomic E-state index is 0.0208. The van der Waals surface area contributed by atoms with Gasteiger partial charge in [-0.1, -0.05) is 61.7 Å². The lowest BCUT2D eigenvalue weighted by Crippen LogP contribution is -2.57. The number of nitrogens with zero attached hydrogens (tertiary/aromatic N) is 1. The Bertz CT molecular complexity index is 1100. The van der Waals surface area contributed by atoms with Gasteiger partial charge in [0.2, 0.25) is 5.91 Å². The van der Waals surface area contributed by atoms with Crippen LogP contribution in [0.5, 0.6) is 0 Å². The summed E-state index contributed by atoms with van der Waals surface area (Å²) < 4.78 is 11.1. The Hall–Kier alpha value is -2.10. The van der Waals surface area contributed by atoms with Crippen LogP contribution in [0.3, 0.4) is 0 Å². The Morgan fingerprint density at radius 3 is 2.03 bits per heavy atom. The fourth-order valence-electron chi connectivity index (χ4n) is 3.79. The van der Waals surface area contributed by atoms with Gasteiger partial charge in [-0.05, 0) is 46.2 Å². The van der Waals surface area contributed by atoms with Crippen molar-refractivity contribution in [2.24, 2.45) is 5.92 Å². The number of thioether (sulfide) groups is 2. The van der Waals surface area contributed by atoms with Gasteiger partial charge in [0.05, 0.1) is 33.5 Å². The summed E-state index contributed by atoms with van der Waals surface area (Å²) in [5, 5.41) is 0. The van der Waals surface area contributed by atoms with Crippen molar-refractivity contribution in [3.63, 3.8) is 0 Å². The second-order valence-electron chi connectivity index (χ2n) is 8.70. The maximum absolute atomic E-state index is 13.3. The zero-order chi connectivity index (χ0) is 25.4. The number of amides is 1. The van der Waals surface area contributed by atoms with E-state index >= 15 is 0 Å². The van der Waals surface area contributed by atoms with Crippen LogP contribution in [0.1, 0.15) is 52.7 Å². The highest BCUT2D eigenvalue weighted by molar-refractivity contribution is 8.29. The number of aryl methyl sites for hydroxylation is 1. The molecule has 0 saturated carbocycles. The van der Waals surface area contributed by atoms with Crippen LogP contribution in [-0.2, 0) is 23.9 Å². The van der Waals surface area contributed by atoms with E-state index in [0.29, 0.717) is 9.10 Å². The molecule has 1 amide bonds. The Morgan fingerprint density at radius 1 is 1.03 bits per heavy atom. The molecule has 2 heterocycles. The van der Waals surface area contributed by atoms with Crippen molar-refractivity contribution >= 4 is 69.7 Å². The summed E-state index contributed by atoms with van der Waals surface area (Å²) in [5.74, 6) is -1.37. The van der Waals surface area contributed by atoms with Gasteiger partial charge in [-0.3, -0.25) is 4.79 Å². The van der Waals surface area contributed by atoms with Gasteiger partial charge in [-0.25, -0.2) is 9.59 Å². The highest BCUT2D eigenvalue weighted by Gasteiger charge is 2.46. The molecule has 0 unspecified atom stereocenters. The molecule has 0 bridgehead atoms. The average Bonchev–Trinajstić information content (AvgIpc) is 3.20. The monoisotopic (exact) mass is 519 g/mol. The number of carbonyl (C=O) groups is 3. The van der Waals surface area contributed by atoms with Crippen LogP contribution >= 0.6 is 35.7 Å². The number of anilines is 1. The van der Waals surface area contributed by atoms with Gasteiger partial charge < -0.3 is 14.4 Å². The minimum Gasteiger partial charge on any atom is -0.462 e. The first-order valence-electron chi connectivity index (χ1n) is 11.1. The Balaban J connectivity index is 2.23. The molecule has 0 radical (unpaired) electrons. The molecule has 1 aromatic carbocycles. The van der Waals surface area contributed by atoms with Gasteiger partial charge >= 0.3 is 11.9 Å². The molecule has 1 aromatic rings. The molecule has 0 aromatic heterocycles. The van der Waals surface area contributed by atoms with Crippen LogP contribution in [0.15, 0.2) is 32.2 Å². The van der Waals surface area contributed by atoms with E-state index in [4.69, 9.17) is 21.7 Å². The van der Waals surface area contributed by atoms with E-state index in [2.05, 4.69) is 0 Å². The largest absolute Gasteiger partial charge is 0.462 e. The molecule has 0 spiro atoms. The number of esters is 2. The maximum Gasteiger partial charge on any atom is 0.346 e. The molecule has 6 nitrogen and oxygen atoms in total. The number of rotatable bonds is 5. The van der Waals surface area contributed by atoms with E-state index in [-0.39, 0.29) is 34.8 Å². The van der Waals surface area contributed by atoms with Gasteiger partial charge in [-0.2, -0.15) is 0 Å². The SMILES string of the molecule is CCOC(=O)C1=C(C(=O)OCC)SC(=C2C(=S)C(C)(C)N(C(=O)C(C)C)c3cc(C)ccc32)S1. The van der Waals surface area contributed by atoms with Crippen LogP contribution in [0.4, 0.5) is 5.69 Å². The molecular weight excluding hydrogens is 490 g/mol. The molecule has 0 aliphatic carbocycles. The van der Waals surface area contributed by atoms with E-state index in [1.807, 2.05) is 52.8 Å². The third kappa shape index (κ3) is 4.70. The van der Waals surface area contributed by atoms with Gasteiger partial charge in [0.1, 0.15) is 9.81 Å². The highest BCUT2D eigenvalue weighted by Crippen LogP contribution is 2.56. The lowest BCUT2D eigenvalue weighted by molar-refractivity contribution is -0.140. The fraction of sp³-hybridized carbons (Fsp3) is 0.440. The van der Waals surface area contributed by atoms with Crippen molar-refractivity contribution in [3.8, 4) is 0 Å². The topological polar surface area (TPSA) is 72.9 Å². The molecule has 0 fully saturated rings. The van der Waals surface area contributed by atoms with Crippen molar-refractivity contribution in [1.29, 1.82) is 0 Å². The summed E-state index contributed by atoms with van der Waals surface area (Å²) in [6.45, 7) is 13.4. The number of fused-ring (bicyclic) bond motifs is 1. The molecule has 0 saturated heterocycles. The van der Waals surface area contributed by atoms with E-state index in [9.17, 15) is 14.4 Å². The number of benzene rings is 1. The number of thiocarbonyl (C=S) groups is 1. The normalized spacial score (nSPS) is 17.3. The first-order chi connectivity index (χ1) is 15.9. The van der Waals surface area contributed by atoms with Crippen molar-refractivity contribution in [1.82, 2.24) is 0 Å². The smallest absolute Gasteiger partial charge is 0.346 e. The van der Waals surface area contributed by atoms with Crippen molar-refractivity contribution in [2.45, 2.75) is 54.0 Å². The third-order valence-corrected chi connectivity index (χ3v) is 8.70. The summed E-state index contributed by atoms with van der Waals surface area (Å²) in [6.07, 6.45) is 0. The minimum atomic E-state index is -0.794. The Kier molecular flexibility index (Phi) is 7.99. The van der Waals surface area contributed by atoms with Crippen molar-refractivity contribution in [3.05, 3.63) is 43.4 Å². The van der Waals surface area contributed by atoms with E-state index in [1.54, 1.807) is 18.7 Å². The predicted molar refractivity (Wildman–Crippen MR) is 143 cm³/mol. The highest BCUT2D eigenvalue weighted by atomic mass is 32.2. The molecule has 34 heavy (non-hydrogen) atoms. The van der Waals surface area contributed by atoms with Crippen LogP contribution in [0.2, 0.25) is 0 Å². The first-order valence-corrected chi connectivity index (χ1v) is 13.2. The lowest BCUT2D eigenvalue weighted by atomic mass is 9.82. The predicted octanol–water partition coefficient (Wildman–Crippen LogP) is 5.63. The van der Waals surface area contributed by atoms with Gasteiger partial charge in [0, 0.05) is 17.1 Å². The number of ether oxygens (including phenoxy) is 2. The first kappa shape index (κ1) is 26.5. The second-order valence-corrected chi connectivity index (χ2v) is 11.4. The molecule has 0 N–H and O–H groups in total. The van der Waals surface area contributed by atoms with E-state index in [0.717, 1.165) is 22.4 Å². The summed E-state index contributed by atoms with van der Waals surface area (Å²) in [6, 6.07) is 5.90. The van der Waals surface area contributed by atoms with Crippen molar-refractivity contribution in [2.75, 3.05) is 18.1 Å². The van der Waals surface area contributed by atoms with E-state index in [1.165, 1.54) is 23.5 Å². The molecule has 3 rings (SSSR count). The Labute approximate surface area is 214 Å². The van der Waals surface area contributed by atoms with Crippen LogP contribution < -0.4 is 4.90 Å². The molecule has 182 valence electrons. The lowest BCUT2D eigenvalue weighted by Gasteiger charge is -2.46. The fourth-order valence-corrected chi connectivity index (χ4v) is 6.77. The summed E-state index contributed by atoms with van der Waals surface area (Å²) in [7, 11) is 0. The van der Waals surface area contributed by atoms with Crippen molar-refractivity contribution < 1.29 is 23.9 Å². The summed E-state index contributed by atoms with van der Waals surface area (Å²) in [4.78, 5) is 41.4. The van der Waals surface area contributed by atoms with Crippen LogP contribution in [-0.4, -0.2) is 41.5 Å². The zero-order valence-electron chi connectivity index (χ0n) is 20.4. The summed E-state index contributed by atoms with van der Waals surface area (Å²) in [5.41, 5.74) is 2.53. The van der Waals surface area contributed by atoms with Gasteiger partial charge in [0.25, 0.3) is 0 Å². The second kappa shape index (κ2) is 10.3. The van der Waals surface area contributed by atoms with Gasteiger partial charge in [-0.15, -0.1) is 0 Å². The number of carbonyl (C=O) groups excluding carboxylic acids is 3. The quantitative estimate of drug-likeness (QED) is 0.281. The van der Waals surface area contributed by atoms with Crippen LogP contribution in [0.25, 0.3) is 5.57 Å². The standard InChI is InChI=1S/C25H29NO5S3/c1-8-30-22(28)18-19(23(29)31-9-2)34-24(33-18)17-15-11-10-14(5)12-16(15)26(21(27)13(3)4)25(6,7)20(17)32/h10-13H,8-9H2,1-7H3. The van der Waals surface area contributed by atoms with E-state index < -0.39 is 17.5 Å². The average molecular weight is 520 g/mol. The van der Waals surface area contributed by atoms with Gasteiger partial charge in [0.15, 0.2) is 0 Å². The Morgan fingerprint density at radius 2 is 1.56 bits per heavy atom. The third-order valence-electron chi connectivity index (χ3n) is 5.44. The molecular formula is C25H29NO5S3. The van der Waals surface area contributed by atoms with Crippen LogP contribution in [0, 0.1) is 12.8 Å². The number of hydrogen-bond acceptors (Lipinski definition) is 8. The molecule has 2 aliphatic rings. The molecule has 0 atom stereocenters. The maximum atomic E-state index is 13.3. The molecule has 9 heteroatoms. The molecule has 2 aliphatic heterocycles.